The highest BCUT2D eigenvalue weighted by Crippen LogP contribution is 2.42. The van der Waals surface area contributed by atoms with Crippen LogP contribution in [0.2, 0.25) is 0 Å². The lowest BCUT2D eigenvalue weighted by atomic mass is 9.99. The first-order chi connectivity index (χ1) is 10.2. The summed E-state index contributed by atoms with van der Waals surface area (Å²) in [5.74, 6) is 0.915. The van der Waals surface area contributed by atoms with Gasteiger partial charge in [-0.25, -0.2) is 0 Å². The van der Waals surface area contributed by atoms with Gasteiger partial charge in [-0.15, -0.1) is 11.3 Å². The van der Waals surface area contributed by atoms with Gasteiger partial charge in [0.2, 0.25) is 0 Å². The molecule has 1 atom stereocenters. The highest BCUT2D eigenvalue weighted by molar-refractivity contribution is 9.11. The molecule has 0 saturated carbocycles. The first-order valence-electron chi connectivity index (χ1n) is 7.37. The molecule has 112 valence electrons. The number of fused-ring (bicyclic) bond motifs is 1. The van der Waals surface area contributed by atoms with Gasteiger partial charge < -0.3 is 4.74 Å². The van der Waals surface area contributed by atoms with E-state index in [1.807, 2.05) is 24.3 Å². The summed E-state index contributed by atoms with van der Waals surface area (Å²) in [7, 11) is 0. The smallest absolute Gasteiger partial charge is 0.120 e. The lowest BCUT2D eigenvalue weighted by Crippen LogP contribution is -1.96. The lowest BCUT2D eigenvalue weighted by Gasteiger charge is -2.12. The molecule has 1 heterocycles. The Morgan fingerprint density at radius 2 is 2.05 bits per heavy atom. The summed E-state index contributed by atoms with van der Waals surface area (Å²) < 4.78 is 6.65. The van der Waals surface area contributed by atoms with Crippen molar-refractivity contribution in [2.45, 2.75) is 37.4 Å². The van der Waals surface area contributed by atoms with E-state index in [4.69, 9.17) is 4.74 Å². The van der Waals surface area contributed by atoms with E-state index in [0.29, 0.717) is 6.61 Å². The molecule has 0 aliphatic heterocycles. The second kappa shape index (κ2) is 6.84. The van der Waals surface area contributed by atoms with Crippen molar-refractivity contribution in [3.8, 4) is 5.75 Å². The normalized spacial score (nSPS) is 15.6. The fourth-order valence-electron chi connectivity index (χ4n) is 2.76. The third kappa shape index (κ3) is 3.38. The molecule has 4 heteroatoms. The van der Waals surface area contributed by atoms with E-state index in [1.165, 1.54) is 36.1 Å². The molecule has 0 spiro atoms. The van der Waals surface area contributed by atoms with Crippen LogP contribution in [0.15, 0.2) is 28.7 Å². The zero-order valence-electron chi connectivity index (χ0n) is 12.0. The standard InChI is InChI=1S/C17H18Br2OS/c1-2-20-12-7-8-13(14(18)10-12)17(19)16-9-11-5-3-4-6-15(11)21-16/h7-10,17H,2-6H2,1H3. The van der Waals surface area contributed by atoms with Gasteiger partial charge in [-0.05, 0) is 61.9 Å². The van der Waals surface area contributed by atoms with Gasteiger partial charge in [0.05, 0.1) is 11.4 Å². The van der Waals surface area contributed by atoms with Crippen LogP contribution in [-0.2, 0) is 12.8 Å². The molecule has 1 unspecified atom stereocenters. The summed E-state index contributed by atoms with van der Waals surface area (Å²) in [5, 5.41) is 0. The SMILES string of the molecule is CCOc1ccc(C(Br)c2cc3c(s2)CCCC3)c(Br)c1. The molecule has 0 bridgehead atoms. The molecule has 0 radical (unpaired) electrons. The van der Waals surface area contributed by atoms with Gasteiger partial charge in [-0.1, -0.05) is 37.9 Å². The van der Waals surface area contributed by atoms with Crippen LogP contribution in [0.4, 0.5) is 0 Å². The van der Waals surface area contributed by atoms with Gasteiger partial charge in [-0.3, -0.25) is 0 Å². The minimum absolute atomic E-state index is 0.248. The van der Waals surface area contributed by atoms with Crippen molar-refractivity contribution in [2.75, 3.05) is 6.61 Å². The Hall–Kier alpha value is -0.320. The maximum Gasteiger partial charge on any atom is 0.120 e. The first kappa shape index (κ1) is 15.6. The van der Waals surface area contributed by atoms with E-state index in [1.54, 1.807) is 10.4 Å². The van der Waals surface area contributed by atoms with Crippen LogP contribution in [-0.4, -0.2) is 6.61 Å². The van der Waals surface area contributed by atoms with Gasteiger partial charge in [-0.2, -0.15) is 0 Å². The topological polar surface area (TPSA) is 9.23 Å². The Morgan fingerprint density at radius 3 is 2.76 bits per heavy atom. The van der Waals surface area contributed by atoms with Crippen molar-refractivity contribution in [3.05, 3.63) is 49.6 Å². The number of alkyl halides is 1. The average Bonchev–Trinajstić information content (AvgIpc) is 2.91. The molecule has 1 aliphatic rings. The molecule has 0 amide bonds. The molecular formula is C17H18Br2OS. The predicted octanol–water partition coefficient (Wildman–Crippen LogP) is 6.27. The second-order valence-electron chi connectivity index (χ2n) is 5.28. The predicted molar refractivity (Wildman–Crippen MR) is 97.0 cm³/mol. The Morgan fingerprint density at radius 1 is 1.24 bits per heavy atom. The van der Waals surface area contributed by atoms with E-state index in [0.717, 1.165) is 10.2 Å². The summed E-state index contributed by atoms with van der Waals surface area (Å²) >= 11 is 9.52. The van der Waals surface area contributed by atoms with Crippen molar-refractivity contribution >= 4 is 43.2 Å². The number of halogens is 2. The molecule has 0 N–H and O–H groups in total. The van der Waals surface area contributed by atoms with Crippen LogP contribution < -0.4 is 4.74 Å². The van der Waals surface area contributed by atoms with Gasteiger partial charge >= 0.3 is 0 Å². The summed E-state index contributed by atoms with van der Waals surface area (Å²) in [6.07, 6.45) is 5.18. The number of ether oxygens (including phenoxy) is 1. The fourth-order valence-corrected chi connectivity index (χ4v) is 5.72. The largest absolute Gasteiger partial charge is 0.494 e. The van der Waals surface area contributed by atoms with E-state index in [-0.39, 0.29) is 4.83 Å². The summed E-state index contributed by atoms with van der Waals surface area (Å²) in [4.78, 5) is 3.24. The Labute approximate surface area is 147 Å². The second-order valence-corrected chi connectivity index (χ2v) is 8.22. The zero-order valence-corrected chi connectivity index (χ0v) is 16.0. The third-order valence-corrected chi connectivity index (χ3v) is 7.10. The lowest BCUT2D eigenvalue weighted by molar-refractivity contribution is 0.340. The highest BCUT2D eigenvalue weighted by Gasteiger charge is 2.20. The minimum Gasteiger partial charge on any atom is -0.494 e. The molecule has 2 aromatic rings. The van der Waals surface area contributed by atoms with Crippen molar-refractivity contribution in [1.29, 1.82) is 0 Å². The van der Waals surface area contributed by atoms with Crippen LogP contribution in [0.5, 0.6) is 5.75 Å². The quantitative estimate of drug-likeness (QED) is 0.520. The molecule has 21 heavy (non-hydrogen) atoms. The maximum atomic E-state index is 5.55. The minimum atomic E-state index is 0.248. The van der Waals surface area contributed by atoms with Crippen molar-refractivity contribution < 1.29 is 4.74 Å². The molecular weight excluding hydrogens is 412 g/mol. The van der Waals surface area contributed by atoms with Gasteiger partial charge in [0.25, 0.3) is 0 Å². The molecule has 1 nitrogen and oxygen atoms in total. The first-order valence-corrected chi connectivity index (χ1v) is 9.89. The number of hydrogen-bond donors (Lipinski definition) is 0. The fraction of sp³-hybridized carbons (Fsp3) is 0.412. The van der Waals surface area contributed by atoms with Crippen LogP contribution in [0.3, 0.4) is 0 Å². The zero-order chi connectivity index (χ0) is 14.8. The van der Waals surface area contributed by atoms with Crippen LogP contribution in [0.1, 0.15) is 45.5 Å². The van der Waals surface area contributed by atoms with E-state index in [9.17, 15) is 0 Å². The number of benzene rings is 1. The van der Waals surface area contributed by atoms with Gasteiger partial charge in [0, 0.05) is 14.2 Å². The summed E-state index contributed by atoms with van der Waals surface area (Å²) in [6.45, 7) is 2.70. The molecule has 0 saturated heterocycles. The van der Waals surface area contributed by atoms with Crippen LogP contribution in [0, 0.1) is 0 Å². The maximum absolute atomic E-state index is 5.55. The third-order valence-electron chi connectivity index (χ3n) is 3.82. The molecule has 0 fully saturated rings. The molecule has 3 rings (SSSR count). The van der Waals surface area contributed by atoms with Gasteiger partial charge in [0.1, 0.15) is 5.75 Å². The molecule has 1 aromatic carbocycles. The molecule has 1 aromatic heterocycles. The Kier molecular flexibility index (Phi) is 5.07. The van der Waals surface area contributed by atoms with Crippen LogP contribution >= 0.6 is 43.2 Å². The average molecular weight is 430 g/mol. The van der Waals surface area contributed by atoms with Crippen molar-refractivity contribution in [2.24, 2.45) is 0 Å². The van der Waals surface area contributed by atoms with E-state index < -0.39 is 0 Å². The Bertz CT molecular complexity index is 612. The number of aryl methyl sites for hydroxylation is 2. The monoisotopic (exact) mass is 428 g/mol. The Balaban J connectivity index is 1.87. The highest BCUT2D eigenvalue weighted by atomic mass is 79.9. The van der Waals surface area contributed by atoms with Crippen molar-refractivity contribution in [1.82, 2.24) is 0 Å². The number of rotatable bonds is 4. The van der Waals surface area contributed by atoms with Crippen LogP contribution in [0.25, 0.3) is 0 Å². The van der Waals surface area contributed by atoms with Gasteiger partial charge in [0.15, 0.2) is 0 Å². The number of thiophene rings is 1. The van der Waals surface area contributed by atoms with Crippen molar-refractivity contribution in [3.63, 3.8) is 0 Å². The molecule has 1 aliphatic carbocycles. The van der Waals surface area contributed by atoms with E-state index >= 15 is 0 Å². The summed E-state index contributed by atoms with van der Waals surface area (Å²) in [5.41, 5.74) is 2.82. The van der Waals surface area contributed by atoms with E-state index in [2.05, 4.69) is 50.1 Å². The number of hydrogen-bond acceptors (Lipinski definition) is 2. The summed E-state index contributed by atoms with van der Waals surface area (Å²) in [6, 6.07) is 8.64.